The molecule has 0 aliphatic heterocycles. The summed E-state index contributed by atoms with van der Waals surface area (Å²) in [6, 6.07) is 4.06. The van der Waals surface area contributed by atoms with Gasteiger partial charge in [0.15, 0.2) is 21.7 Å². The number of anilines is 2. The van der Waals surface area contributed by atoms with Crippen LogP contribution in [-0.2, 0) is 23.4 Å². The van der Waals surface area contributed by atoms with Crippen LogP contribution in [0.5, 0.6) is 33.8 Å². The van der Waals surface area contributed by atoms with Crippen LogP contribution in [0.2, 0.25) is 0 Å². The Morgan fingerprint density at radius 3 is 1.85 bits per heavy atom. The SMILES string of the molecule is Nc1nc(CC(=O)Nc2ccc(C(O)(O)C(O)(O)NC(O)(O)Cc3c(O)c(O)c(O)c(O)c3O)cc2)c(O)s1. The van der Waals surface area contributed by atoms with Crippen LogP contribution in [0.25, 0.3) is 0 Å². The summed E-state index contributed by atoms with van der Waals surface area (Å²) in [7, 11) is 0. The van der Waals surface area contributed by atoms with Crippen molar-refractivity contribution in [3.63, 3.8) is 0 Å². The Morgan fingerprint density at radius 1 is 0.846 bits per heavy atom. The normalized spacial score (nSPS) is 12.5. The summed E-state index contributed by atoms with van der Waals surface area (Å²) in [5.74, 6) is -18.5. The van der Waals surface area contributed by atoms with Gasteiger partial charge in [-0.2, -0.15) is 0 Å². The molecular formula is C21H24N4O13S. The molecule has 2 aromatic carbocycles. The molecule has 0 saturated heterocycles. The van der Waals surface area contributed by atoms with E-state index in [1.165, 1.54) is 5.32 Å². The van der Waals surface area contributed by atoms with Gasteiger partial charge in [-0.1, -0.05) is 23.5 Å². The number of amides is 1. The maximum atomic E-state index is 12.2. The molecule has 17 nitrogen and oxygen atoms in total. The van der Waals surface area contributed by atoms with Crippen molar-refractivity contribution in [1.82, 2.24) is 10.3 Å². The number of hydrogen-bond donors (Lipinski definition) is 15. The van der Waals surface area contributed by atoms with Gasteiger partial charge in [0.25, 0.3) is 11.7 Å². The highest BCUT2D eigenvalue weighted by Gasteiger charge is 2.53. The molecule has 0 bridgehead atoms. The summed E-state index contributed by atoms with van der Waals surface area (Å²) in [4.78, 5) is 16.0. The number of nitrogens with one attached hydrogen (secondary N) is 2. The number of phenols is 5. The summed E-state index contributed by atoms with van der Waals surface area (Å²) in [6.07, 6.45) is -1.77. The standard InChI is InChI=1S/C21H24N4O13S/c22-18-24-10(17(32)39-18)5-11(26)23-8-3-1-7(2-4-8)20(35,36)21(37,38)25-19(33,34)6-9-12(27)14(29)16(31)15(30)13(9)28/h1-4,25,27-38H,5-6H2,(H2,22,24)(H,23,26). The highest BCUT2D eigenvalue weighted by Crippen LogP contribution is 2.51. The van der Waals surface area contributed by atoms with Gasteiger partial charge in [0.05, 0.1) is 12.0 Å². The van der Waals surface area contributed by atoms with Crippen molar-refractivity contribution >= 4 is 28.1 Å². The van der Waals surface area contributed by atoms with Gasteiger partial charge in [0.2, 0.25) is 29.1 Å². The van der Waals surface area contributed by atoms with E-state index in [4.69, 9.17) is 5.73 Å². The first kappa shape index (κ1) is 29.4. The number of nitrogens with two attached hydrogens (primary N) is 1. The first-order chi connectivity index (χ1) is 17.9. The van der Waals surface area contributed by atoms with Crippen molar-refractivity contribution in [2.24, 2.45) is 0 Å². The summed E-state index contributed by atoms with van der Waals surface area (Å²) < 4.78 is 0. The second kappa shape index (κ2) is 10.2. The predicted octanol–water partition coefficient (Wildman–Crippen LogP) is -2.61. The number of phenolic OH excluding ortho intramolecular Hbond substituents is 5. The second-order valence-electron chi connectivity index (χ2n) is 8.29. The fourth-order valence-corrected chi connectivity index (χ4v) is 3.97. The molecule has 0 radical (unpaired) electrons. The number of nitrogens with zero attached hydrogens (tertiary/aromatic N) is 1. The quantitative estimate of drug-likeness (QED) is 0.0709. The summed E-state index contributed by atoms with van der Waals surface area (Å²) in [5.41, 5.74) is 3.93. The minimum absolute atomic E-state index is 0.0311. The lowest BCUT2D eigenvalue weighted by Gasteiger charge is -2.39. The van der Waals surface area contributed by atoms with Crippen molar-refractivity contribution in [3.8, 4) is 33.8 Å². The molecule has 0 aliphatic carbocycles. The zero-order valence-corrected chi connectivity index (χ0v) is 20.2. The largest absolute Gasteiger partial charge is 0.504 e. The number of aliphatic hydroxyl groups is 6. The van der Waals surface area contributed by atoms with E-state index in [-0.39, 0.29) is 28.0 Å². The number of carbonyl (C=O) groups excluding carboxylic acids is 1. The van der Waals surface area contributed by atoms with E-state index >= 15 is 0 Å². The lowest BCUT2D eigenvalue weighted by Crippen LogP contribution is -2.68. The van der Waals surface area contributed by atoms with E-state index in [1.54, 1.807) is 0 Å². The number of nitrogen functional groups attached to an aromatic ring is 1. The lowest BCUT2D eigenvalue weighted by atomic mass is 10.00. The molecule has 212 valence electrons. The first-order valence-corrected chi connectivity index (χ1v) is 11.3. The van der Waals surface area contributed by atoms with Gasteiger partial charge in [-0.3, -0.25) is 4.79 Å². The van der Waals surface area contributed by atoms with E-state index in [0.29, 0.717) is 0 Å². The fraction of sp³-hybridized carbons (Fsp3) is 0.238. The van der Waals surface area contributed by atoms with Crippen LogP contribution < -0.4 is 16.4 Å². The third-order valence-electron chi connectivity index (χ3n) is 5.35. The van der Waals surface area contributed by atoms with E-state index in [0.717, 1.165) is 35.6 Å². The minimum atomic E-state index is -3.96. The molecule has 1 aromatic heterocycles. The summed E-state index contributed by atoms with van der Waals surface area (Å²) >= 11 is 0.772. The monoisotopic (exact) mass is 572 g/mol. The molecule has 0 aliphatic rings. The predicted molar refractivity (Wildman–Crippen MR) is 129 cm³/mol. The number of benzene rings is 2. The first-order valence-electron chi connectivity index (χ1n) is 10.5. The Morgan fingerprint density at radius 2 is 1.36 bits per heavy atom. The smallest absolute Gasteiger partial charge is 0.288 e. The highest BCUT2D eigenvalue weighted by atomic mass is 32.1. The van der Waals surface area contributed by atoms with Crippen molar-refractivity contribution in [1.29, 1.82) is 0 Å². The van der Waals surface area contributed by atoms with E-state index in [1.807, 2.05) is 0 Å². The molecule has 18 heteroatoms. The second-order valence-corrected chi connectivity index (χ2v) is 9.30. The highest BCUT2D eigenvalue weighted by molar-refractivity contribution is 7.17. The van der Waals surface area contributed by atoms with Gasteiger partial charge in [0, 0.05) is 17.7 Å². The van der Waals surface area contributed by atoms with Crippen LogP contribution in [0, 0.1) is 0 Å². The van der Waals surface area contributed by atoms with Crippen LogP contribution >= 0.6 is 11.3 Å². The number of rotatable bonds is 9. The Balaban J connectivity index is 1.75. The molecule has 0 saturated carbocycles. The Labute approximate surface area is 221 Å². The van der Waals surface area contributed by atoms with Gasteiger partial charge in [0.1, 0.15) is 5.69 Å². The molecule has 0 fully saturated rings. The third-order valence-corrected chi connectivity index (χ3v) is 6.07. The third kappa shape index (κ3) is 5.97. The molecular weight excluding hydrogens is 548 g/mol. The molecule has 0 unspecified atom stereocenters. The average molecular weight is 573 g/mol. The zero-order chi connectivity index (χ0) is 29.5. The van der Waals surface area contributed by atoms with E-state index in [2.05, 4.69) is 10.3 Å². The van der Waals surface area contributed by atoms with E-state index in [9.17, 15) is 66.1 Å². The summed E-state index contributed by atoms with van der Waals surface area (Å²) in [6.45, 7) is 0. The van der Waals surface area contributed by atoms with Crippen molar-refractivity contribution in [2.45, 2.75) is 30.5 Å². The van der Waals surface area contributed by atoms with Crippen LogP contribution in [0.4, 0.5) is 10.8 Å². The topological polar surface area (TPSA) is 323 Å². The Hall–Kier alpha value is -4.14. The van der Waals surface area contributed by atoms with Crippen molar-refractivity contribution < 1.29 is 66.1 Å². The molecule has 3 rings (SSSR count). The Bertz CT molecular complexity index is 1360. The van der Waals surface area contributed by atoms with Crippen LogP contribution in [0.1, 0.15) is 16.8 Å². The molecule has 1 amide bonds. The number of hydrogen-bond acceptors (Lipinski definition) is 17. The number of aromatic hydroxyl groups is 6. The van der Waals surface area contributed by atoms with Gasteiger partial charge < -0.3 is 72.3 Å². The van der Waals surface area contributed by atoms with Gasteiger partial charge in [-0.15, -0.1) is 0 Å². The Kier molecular flexibility index (Phi) is 7.70. The van der Waals surface area contributed by atoms with Gasteiger partial charge >= 0.3 is 0 Å². The fourth-order valence-electron chi connectivity index (χ4n) is 3.38. The maximum Gasteiger partial charge on any atom is 0.288 e. The maximum absolute atomic E-state index is 12.2. The van der Waals surface area contributed by atoms with Gasteiger partial charge in [-0.25, -0.2) is 10.3 Å². The number of aromatic nitrogens is 1. The summed E-state index contributed by atoms with van der Waals surface area (Å²) in [5, 5.41) is 123. The van der Waals surface area contributed by atoms with Crippen molar-refractivity contribution in [2.75, 3.05) is 11.1 Å². The van der Waals surface area contributed by atoms with E-state index < -0.39 is 69.8 Å². The van der Waals surface area contributed by atoms with Crippen LogP contribution in [0.15, 0.2) is 24.3 Å². The van der Waals surface area contributed by atoms with Crippen LogP contribution in [0.3, 0.4) is 0 Å². The lowest BCUT2D eigenvalue weighted by molar-refractivity contribution is -0.407. The number of carbonyl (C=O) groups is 1. The average Bonchev–Trinajstić information content (AvgIpc) is 3.14. The molecule has 0 atom stereocenters. The number of thiazole rings is 1. The van der Waals surface area contributed by atoms with Crippen LogP contribution in [-0.4, -0.2) is 84.0 Å². The zero-order valence-electron chi connectivity index (χ0n) is 19.4. The molecule has 16 N–H and O–H groups in total. The van der Waals surface area contributed by atoms with Crippen molar-refractivity contribution in [3.05, 3.63) is 41.1 Å². The van der Waals surface area contributed by atoms with Gasteiger partial charge in [-0.05, 0) is 12.1 Å². The minimum Gasteiger partial charge on any atom is -0.504 e. The molecule has 0 spiro atoms. The molecule has 1 heterocycles. The molecule has 3 aromatic rings. The molecule has 39 heavy (non-hydrogen) atoms.